The molecule has 164 valence electrons. The van der Waals surface area contributed by atoms with Crippen LogP contribution in [0.5, 0.6) is 0 Å². The number of aromatic nitrogens is 1. The van der Waals surface area contributed by atoms with Crippen molar-refractivity contribution >= 4 is 72.7 Å². The second-order valence-corrected chi connectivity index (χ2v) is 12.1. The number of hydrogen-bond acceptors (Lipinski definition) is 5. The maximum atomic E-state index is 13.0. The number of anilines is 1. The molecule has 0 saturated carbocycles. The molecule has 1 aliphatic heterocycles. The maximum Gasteiger partial charge on any atom is 0.185 e. The van der Waals surface area contributed by atoms with Gasteiger partial charge in [-0.05, 0) is 48.7 Å². The Morgan fingerprint density at radius 1 is 0.968 bits per heavy atom. The summed E-state index contributed by atoms with van der Waals surface area (Å²) < 4.78 is 26.0. The van der Waals surface area contributed by atoms with Crippen LogP contribution in [0.2, 0.25) is 20.1 Å². The van der Waals surface area contributed by atoms with E-state index in [2.05, 4.69) is 4.90 Å². The summed E-state index contributed by atoms with van der Waals surface area (Å²) in [7, 11) is -3.49. The topological polar surface area (TPSA) is 50.3 Å². The highest BCUT2D eigenvalue weighted by Crippen LogP contribution is 2.32. The van der Waals surface area contributed by atoms with Crippen molar-refractivity contribution in [2.24, 2.45) is 0 Å². The zero-order chi connectivity index (χ0) is 22.2. The fraction of sp³-hybridized carbons (Fsp3) is 0.286. The number of piperidine rings is 1. The first-order valence-electron chi connectivity index (χ1n) is 9.55. The van der Waals surface area contributed by atoms with Crippen molar-refractivity contribution in [2.75, 3.05) is 18.0 Å². The van der Waals surface area contributed by atoms with Crippen LogP contribution in [0, 0.1) is 0 Å². The van der Waals surface area contributed by atoms with E-state index < -0.39 is 15.1 Å². The van der Waals surface area contributed by atoms with Gasteiger partial charge in [-0.2, -0.15) is 0 Å². The van der Waals surface area contributed by atoms with Crippen molar-refractivity contribution in [3.05, 3.63) is 73.1 Å². The lowest BCUT2D eigenvalue weighted by molar-refractivity contribution is 0.529. The van der Waals surface area contributed by atoms with E-state index in [1.165, 1.54) is 18.2 Å². The van der Waals surface area contributed by atoms with Crippen LogP contribution in [-0.2, 0) is 16.3 Å². The second kappa shape index (κ2) is 9.46. The van der Waals surface area contributed by atoms with Crippen molar-refractivity contribution in [1.29, 1.82) is 0 Å². The highest BCUT2D eigenvalue weighted by Gasteiger charge is 2.32. The maximum absolute atomic E-state index is 13.0. The lowest BCUT2D eigenvalue weighted by atomic mass is 10.1. The summed E-state index contributed by atoms with van der Waals surface area (Å²) in [6.07, 6.45) is 1.70. The van der Waals surface area contributed by atoms with Gasteiger partial charge in [-0.1, -0.05) is 52.5 Å². The predicted octanol–water partition coefficient (Wildman–Crippen LogP) is 6.79. The second-order valence-electron chi connectivity index (χ2n) is 7.38. The lowest BCUT2D eigenvalue weighted by Gasteiger charge is -2.31. The molecule has 0 amide bonds. The van der Waals surface area contributed by atoms with Gasteiger partial charge in [0, 0.05) is 34.9 Å². The van der Waals surface area contributed by atoms with Crippen LogP contribution in [0.25, 0.3) is 0 Å². The van der Waals surface area contributed by atoms with Crippen LogP contribution in [0.1, 0.15) is 24.1 Å². The molecule has 0 bridgehead atoms. The van der Waals surface area contributed by atoms with E-state index in [9.17, 15) is 8.42 Å². The summed E-state index contributed by atoms with van der Waals surface area (Å²) in [4.78, 5) is 7.05. The molecule has 0 N–H and O–H groups in total. The van der Waals surface area contributed by atoms with Gasteiger partial charge in [0.25, 0.3) is 0 Å². The Balaban J connectivity index is 1.41. The quantitative estimate of drug-likeness (QED) is 0.361. The Kier molecular flexibility index (Phi) is 7.06. The number of thiazole rings is 1. The Bertz CT molecular complexity index is 1190. The highest BCUT2D eigenvalue weighted by atomic mass is 35.5. The smallest absolute Gasteiger partial charge is 0.185 e. The van der Waals surface area contributed by atoms with E-state index in [4.69, 9.17) is 51.4 Å². The highest BCUT2D eigenvalue weighted by molar-refractivity contribution is 7.92. The molecule has 4 rings (SSSR count). The van der Waals surface area contributed by atoms with Gasteiger partial charge < -0.3 is 4.90 Å². The number of benzene rings is 2. The average molecular weight is 536 g/mol. The van der Waals surface area contributed by atoms with Gasteiger partial charge >= 0.3 is 0 Å². The van der Waals surface area contributed by atoms with Gasteiger partial charge in [0.05, 0.1) is 25.9 Å². The number of hydrogen-bond donors (Lipinski definition) is 0. The molecule has 0 spiro atoms. The van der Waals surface area contributed by atoms with E-state index in [1.54, 1.807) is 17.4 Å². The van der Waals surface area contributed by atoms with Crippen molar-refractivity contribution in [1.82, 2.24) is 4.98 Å². The molecule has 31 heavy (non-hydrogen) atoms. The third-order valence-electron chi connectivity index (χ3n) is 5.22. The summed E-state index contributed by atoms with van der Waals surface area (Å²) in [5, 5.41) is 4.16. The van der Waals surface area contributed by atoms with Gasteiger partial charge in [0.1, 0.15) is 0 Å². The fourth-order valence-electron chi connectivity index (χ4n) is 3.62. The minimum atomic E-state index is -3.49. The van der Waals surface area contributed by atoms with Crippen LogP contribution in [0.15, 0.2) is 46.7 Å². The lowest BCUT2D eigenvalue weighted by Crippen LogP contribution is -2.39. The molecule has 0 atom stereocenters. The molecule has 1 aliphatic rings. The summed E-state index contributed by atoms with van der Waals surface area (Å²) >= 11 is 25.6. The number of rotatable bonds is 5. The van der Waals surface area contributed by atoms with Crippen molar-refractivity contribution in [2.45, 2.75) is 29.4 Å². The monoisotopic (exact) mass is 534 g/mol. The van der Waals surface area contributed by atoms with Crippen LogP contribution in [0.3, 0.4) is 0 Å². The Hall–Kier alpha value is -1.02. The molecule has 4 nitrogen and oxygen atoms in total. The zero-order valence-corrected chi connectivity index (χ0v) is 20.9. The third kappa shape index (κ3) is 5.32. The molecule has 0 radical (unpaired) electrons. The van der Waals surface area contributed by atoms with E-state index in [0.29, 0.717) is 52.4 Å². The standard InChI is InChI=1S/C21H18Cl4N2O2S2/c22-14-9-15(23)11-18(10-14)31(28,29)17-3-5-27(6-4-17)21-26-16(12-30-21)7-13-1-2-19(24)20(25)8-13/h1-2,8-12,17H,3-7H2. The summed E-state index contributed by atoms with van der Waals surface area (Å²) in [5.41, 5.74) is 1.98. The van der Waals surface area contributed by atoms with Crippen LogP contribution in [0.4, 0.5) is 5.13 Å². The zero-order valence-electron chi connectivity index (χ0n) is 16.2. The van der Waals surface area contributed by atoms with Gasteiger partial charge in [-0.25, -0.2) is 13.4 Å². The molecule has 0 aliphatic carbocycles. The number of sulfone groups is 1. The molecule has 10 heteroatoms. The predicted molar refractivity (Wildman–Crippen MR) is 130 cm³/mol. The molecule has 1 saturated heterocycles. The normalized spacial score (nSPS) is 15.4. The molecular weight excluding hydrogens is 518 g/mol. The fourth-order valence-corrected chi connectivity index (χ4v) is 7.28. The van der Waals surface area contributed by atoms with Gasteiger partial charge in [0.2, 0.25) is 0 Å². The minimum absolute atomic E-state index is 0.182. The third-order valence-corrected chi connectivity index (χ3v) is 9.59. The minimum Gasteiger partial charge on any atom is -0.348 e. The molecular formula is C21H18Cl4N2O2S2. The molecule has 1 aromatic heterocycles. The Morgan fingerprint density at radius 3 is 2.29 bits per heavy atom. The number of halogens is 4. The summed E-state index contributed by atoms with van der Waals surface area (Å²) in [6.45, 7) is 1.25. The SMILES string of the molecule is O=S(=O)(c1cc(Cl)cc(Cl)c1)C1CCN(c2nc(Cc3ccc(Cl)c(Cl)c3)cs2)CC1. The largest absolute Gasteiger partial charge is 0.348 e. The Morgan fingerprint density at radius 2 is 1.65 bits per heavy atom. The molecule has 2 heterocycles. The molecule has 3 aromatic rings. The first-order chi connectivity index (χ1) is 14.7. The summed E-state index contributed by atoms with van der Waals surface area (Å²) in [6, 6.07) is 10.0. The van der Waals surface area contributed by atoms with Crippen LogP contribution in [-0.4, -0.2) is 31.7 Å². The van der Waals surface area contributed by atoms with Crippen molar-refractivity contribution in [3.8, 4) is 0 Å². The van der Waals surface area contributed by atoms with E-state index in [1.807, 2.05) is 17.5 Å². The van der Waals surface area contributed by atoms with Crippen LogP contribution < -0.4 is 4.90 Å². The first kappa shape index (κ1) is 23.1. The van der Waals surface area contributed by atoms with Crippen LogP contribution >= 0.6 is 57.7 Å². The van der Waals surface area contributed by atoms with E-state index in [-0.39, 0.29) is 4.90 Å². The van der Waals surface area contributed by atoms with Crippen molar-refractivity contribution < 1.29 is 8.42 Å². The Labute approximate surface area is 205 Å². The molecule has 2 aromatic carbocycles. The van der Waals surface area contributed by atoms with Gasteiger partial charge in [0.15, 0.2) is 15.0 Å². The average Bonchev–Trinajstić information content (AvgIpc) is 3.18. The molecule has 0 unspecified atom stereocenters. The van der Waals surface area contributed by atoms with Crippen molar-refractivity contribution in [3.63, 3.8) is 0 Å². The van der Waals surface area contributed by atoms with E-state index >= 15 is 0 Å². The number of nitrogens with zero attached hydrogens (tertiary/aromatic N) is 2. The van der Waals surface area contributed by atoms with E-state index in [0.717, 1.165) is 16.4 Å². The summed E-state index contributed by atoms with van der Waals surface area (Å²) in [5.74, 6) is 0. The van der Waals surface area contributed by atoms with Gasteiger partial charge in [-0.15, -0.1) is 11.3 Å². The first-order valence-corrected chi connectivity index (χ1v) is 13.5. The molecule has 1 fully saturated rings. The van der Waals surface area contributed by atoms with Gasteiger partial charge in [-0.3, -0.25) is 0 Å².